The van der Waals surface area contributed by atoms with Crippen LogP contribution in [0.5, 0.6) is 0 Å². The first kappa shape index (κ1) is 12.9. The Hall–Kier alpha value is -0.160. The Kier molecular flexibility index (Phi) is 3.89. The predicted molar refractivity (Wildman–Crippen MR) is 74.0 cm³/mol. The average Bonchev–Trinajstić information content (AvgIpc) is 2.43. The van der Waals surface area contributed by atoms with E-state index >= 15 is 0 Å². The maximum atomic E-state index is 5.91. The van der Waals surface area contributed by atoms with Crippen LogP contribution in [0.25, 0.3) is 0 Å². The van der Waals surface area contributed by atoms with Gasteiger partial charge >= 0.3 is 0 Å². The Balaban J connectivity index is 1.65. The fraction of sp³-hybridized carbons (Fsp3) is 1.00. The summed E-state index contributed by atoms with van der Waals surface area (Å²) >= 11 is 0. The number of fused-ring (bicyclic) bond motifs is 3. The van der Waals surface area contributed by atoms with Crippen molar-refractivity contribution in [1.29, 1.82) is 0 Å². The molecule has 0 amide bonds. The van der Waals surface area contributed by atoms with Gasteiger partial charge in [-0.1, -0.05) is 19.8 Å². The van der Waals surface area contributed by atoms with Crippen LogP contribution >= 0.6 is 0 Å². The molecule has 2 unspecified atom stereocenters. The van der Waals surface area contributed by atoms with Crippen LogP contribution in [0.15, 0.2) is 0 Å². The summed E-state index contributed by atoms with van der Waals surface area (Å²) in [6.45, 7) is 8.61. The largest absolute Gasteiger partial charge is 0.299 e. The highest BCUT2D eigenvalue weighted by molar-refractivity contribution is 4.97. The van der Waals surface area contributed by atoms with Crippen molar-refractivity contribution < 1.29 is 0 Å². The standard InChI is InChI=1S/C14H28N4/c1-11-2-4-12(5-3-11)14(16-15)13-10-17-6-8-18(13)9-7-17/h11-14,16H,2-10,15H2,1H3. The molecule has 0 aromatic heterocycles. The van der Waals surface area contributed by atoms with E-state index in [1.165, 1.54) is 58.4 Å². The smallest absolute Gasteiger partial charge is 0.0406 e. The monoisotopic (exact) mass is 252 g/mol. The molecule has 1 aliphatic carbocycles. The van der Waals surface area contributed by atoms with E-state index in [2.05, 4.69) is 22.1 Å². The summed E-state index contributed by atoms with van der Waals surface area (Å²) in [5.41, 5.74) is 3.17. The molecular formula is C14H28N4. The van der Waals surface area contributed by atoms with Gasteiger partial charge in [-0.05, 0) is 24.7 Å². The number of hydrogen-bond donors (Lipinski definition) is 2. The number of nitrogens with two attached hydrogens (primary N) is 1. The van der Waals surface area contributed by atoms with Crippen molar-refractivity contribution in [1.82, 2.24) is 15.2 Å². The van der Waals surface area contributed by atoms with E-state index in [9.17, 15) is 0 Å². The zero-order chi connectivity index (χ0) is 12.5. The minimum Gasteiger partial charge on any atom is -0.299 e. The van der Waals surface area contributed by atoms with E-state index in [1.54, 1.807) is 0 Å². The van der Waals surface area contributed by atoms with Crippen molar-refractivity contribution in [3.63, 3.8) is 0 Å². The molecule has 4 aliphatic rings. The summed E-state index contributed by atoms with van der Waals surface area (Å²) < 4.78 is 0. The Morgan fingerprint density at radius 1 is 1.06 bits per heavy atom. The Morgan fingerprint density at radius 2 is 1.72 bits per heavy atom. The summed E-state index contributed by atoms with van der Waals surface area (Å²) in [6.07, 6.45) is 5.50. The minimum absolute atomic E-state index is 0.501. The second-order valence-electron chi connectivity index (χ2n) is 6.62. The summed E-state index contributed by atoms with van der Waals surface area (Å²) in [5, 5.41) is 0. The quantitative estimate of drug-likeness (QED) is 0.572. The highest BCUT2D eigenvalue weighted by Gasteiger charge is 2.40. The molecule has 104 valence electrons. The zero-order valence-corrected chi connectivity index (χ0v) is 11.6. The topological polar surface area (TPSA) is 44.5 Å². The highest BCUT2D eigenvalue weighted by Crippen LogP contribution is 2.33. The lowest BCUT2D eigenvalue weighted by atomic mass is 9.76. The van der Waals surface area contributed by atoms with E-state index in [0.717, 1.165) is 11.8 Å². The van der Waals surface area contributed by atoms with Gasteiger partial charge in [-0.3, -0.25) is 21.1 Å². The van der Waals surface area contributed by atoms with Gasteiger partial charge in [0, 0.05) is 44.8 Å². The lowest BCUT2D eigenvalue weighted by Crippen LogP contribution is -2.68. The van der Waals surface area contributed by atoms with Crippen LogP contribution in [-0.4, -0.2) is 54.6 Å². The Bertz CT molecular complexity index is 267. The summed E-state index contributed by atoms with van der Waals surface area (Å²) in [7, 11) is 0. The fourth-order valence-corrected chi connectivity index (χ4v) is 4.20. The fourth-order valence-electron chi connectivity index (χ4n) is 4.20. The SMILES string of the molecule is CC1CCC(C(NN)C2CN3CCN2CC3)CC1. The Morgan fingerprint density at radius 3 is 2.22 bits per heavy atom. The number of rotatable bonds is 3. The normalized spacial score (nSPS) is 46.0. The van der Waals surface area contributed by atoms with Gasteiger partial charge in [-0.15, -0.1) is 0 Å². The van der Waals surface area contributed by atoms with Gasteiger partial charge in [0.1, 0.15) is 0 Å². The van der Waals surface area contributed by atoms with Crippen LogP contribution < -0.4 is 11.3 Å². The van der Waals surface area contributed by atoms with Crippen molar-refractivity contribution in [2.75, 3.05) is 32.7 Å². The highest BCUT2D eigenvalue weighted by atomic mass is 15.4. The van der Waals surface area contributed by atoms with Gasteiger partial charge in [0.05, 0.1) is 0 Å². The lowest BCUT2D eigenvalue weighted by molar-refractivity contribution is -0.0176. The van der Waals surface area contributed by atoms with Crippen molar-refractivity contribution in [2.24, 2.45) is 17.7 Å². The summed E-state index contributed by atoms with van der Waals surface area (Å²) in [5.74, 6) is 7.62. The number of hydrogen-bond acceptors (Lipinski definition) is 4. The molecule has 3 N–H and O–H groups in total. The third kappa shape index (κ3) is 2.44. The number of nitrogens with zero attached hydrogens (tertiary/aromatic N) is 2. The molecular weight excluding hydrogens is 224 g/mol. The second kappa shape index (κ2) is 5.45. The molecule has 4 rings (SSSR count). The Labute approximate surface area is 111 Å². The summed E-state index contributed by atoms with van der Waals surface area (Å²) in [6, 6.07) is 1.15. The van der Waals surface area contributed by atoms with Crippen molar-refractivity contribution in [2.45, 2.75) is 44.7 Å². The molecule has 18 heavy (non-hydrogen) atoms. The molecule has 4 heteroatoms. The number of hydrazine groups is 1. The van der Waals surface area contributed by atoms with Crippen LogP contribution in [0, 0.1) is 11.8 Å². The summed E-state index contributed by atoms with van der Waals surface area (Å²) in [4.78, 5) is 5.28. The van der Waals surface area contributed by atoms with Crippen LogP contribution in [0.1, 0.15) is 32.6 Å². The molecule has 2 bridgehead atoms. The van der Waals surface area contributed by atoms with E-state index in [1.807, 2.05) is 0 Å². The predicted octanol–water partition coefficient (Wildman–Crippen LogP) is 0.644. The maximum Gasteiger partial charge on any atom is 0.0406 e. The lowest BCUT2D eigenvalue weighted by Gasteiger charge is -2.52. The third-order valence-corrected chi connectivity index (χ3v) is 5.50. The van der Waals surface area contributed by atoms with Crippen LogP contribution in [-0.2, 0) is 0 Å². The van der Waals surface area contributed by atoms with Crippen molar-refractivity contribution in [3.8, 4) is 0 Å². The number of nitrogens with one attached hydrogen (secondary N) is 1. The van der Waals surface area contributed by atoms with E-state index < -0.39 is 0 Å². The molecule has 3 saturated heterocycles. The van der Waals surface area contributed by atoms with E-state index in [4.69, 9.17) is 5.84 Å². The molecule has 3 heterocycles. The van der Waals surface area contributed by atoms with Gasteiger partial charge < -0.3 is 0 Å². The van der Waals surface area contributed by atoms with Crippen LogP contribution in [0.4, 0.5) is 0 Å². The van der Waals surface area contributed by atoms with E-state index in [0.29, 0.717) is 12.1 Å². The van der Waals surface area contributed by atoms with E-state index in [-0.39, 0.29) is 0 Å². The molecule has 4 fully saturated rings. The number of piperazine rings is 3. The van der Waals surface area contributed by atoms with Crippen LogP contribution in [0.3, 0.4) is 0 Å². The minimum atomic E-state index is 0.501. The molecule has 2 atom stereocenters. The van der Waals surface area contributed by atoms with Crippen LogP contribution in [0.2, 0.25) is 0 Å². The van der Waals surface area contributed by atoms with Gasteiger partial charge in [-0.2, -0.15) is 0 Å². The second-order valence-corrected chi connectivity index (χ2v) is 6.62. The zero-order valence-electron chi connectivity index (χ0n) is 11.6. The first-order chi connectivity index (χ1) is 8.78. The molecule has 4 nitrogen and oxygen atoms in total. The van der Waals surface area contributed by atoms with Gasteiger partial charge in [0.25, 0.3) is 0 Å². The maximum absolute atomic E-state index is 5.91. The van der Waals surface area contributed by atoms with Gasteiger partial charge in [0.15, 0.2) is 0 Å². The molecule has 0 radical (unpaired) electrons. The third-order valence-electron chi connectivity index (χ3n) is 5.50. The first-order valence-corrected chi connectivity index (χ1v) is 7.70. The van der Waals surface area contributed by atoms with Gasteiger partial charge in [-0.25, -0.2) is 0 Å². The molecule has 0 aromatic carbocycles. The first-order valence-electron chi connectivity index (χ1n) is 7.70. The van der Waals surface area contributed by atoms with Crippen molar-refractivity contribution >= 4 is 0 Å². The molecule has 3 aliphatic heterocycles. The molecule has 0 spiro atoms. The average molecular weight is 252 g/mol. The molecule has 0 aromatic rings. The van der Waals surface area contributed by atoms with Gasteiger partial charge in [0.2, 0.25) is 0 Å². The molecule has 1 saturated carbocycles. The van der Waals surface area contributed by atoms with Crippen molar-refractivity contribution in [3.05, 3.63) is 0 Å².